The molecular formula is C22H23N3O8. The Morgan fingerprint density at radius 3 is 2.61 bits per heavy atom. The number of furan rings is 1. The summed E-state index contributed by atoms with van der Waals surface area (Å²) in [7, 11) is 4.84. The van der Waals surface area contributed by atoms with E-state index in [0.29, 0.717) is 5.56 Å². The van der Waals surface area contributed by atoms with Crippen LogP contribution in [0.2, 0.25) is 0 Å². The molecule has 0 radical (unpaired) electrons. The fourth-order valence-corrected chi connectivity index (χ4v) is 2.96. The molecule has 1 atom stereocenters. The third-order valence-electron chi connectivity index (χ3n) is 4.79. The van der Waals surface area contributed by atoms with Crippen LogP contribution in [0, 0.1) is 0 Å². The number of benzene rings is 1. The largest absolute Gasteiger partial charge is 0.479 e. The summed E-state index contributed by atoms with van der Waals surface area (Å²) in [5.74, 6) is -2.04. The van der Waals surface area contributed by atoms with Gasteiger partial charge in [-0.05, 0) is 37.3 Å². The minimum absolute atomic E-state index is 0.0230. The first-order chi connectivity index (χ1) is 15.6. The Kier molecular flexibility index (Phi) is 6.71. The number of hydrogen-bond donors (Lipinski definition) is 2. The van der Waals surface area contributed by atoms with Crippen LogP contribution in [0.5, 0.6) is 5.75 Å². The summed E-state index contributed by atoms with van der Waals surface area (Å²) in [6, 6.07) is 7.24. The van der Waals surface area contributed by atoms with Gasteiger partial charge < -0.3 is 29.2 Å². The highest BCUT2D eigenvalue weighted by molar-refractivity contribution is 6.14. The summed E-state index contributed by atoms with van der Waals surface area (Å²) >= 11 is 0. The maximum atomic E-state index is 12.8. The molecule has 1 fully saturated rings. The van der Waals surface area contributed by atoms with E-state index in [1.54, 1.807) is 18.2 Å². The molecule has 1 aliphatic heterocycles. The van der Waals surface area contributed by atoms with Gasteiger partial charge in [-0.25, -0.2) is 14.4 Å². The molecule has 0 bridgehead atoms. The highest BCUT2D eigenvalue weighted by Crippen LogP contribution is 2.29. The first-order valence-electron chi connectivity index (χ1n) is 9.83. The molecule has 2 aromatic rings. The summed E-state index contributed by atoms with van der Waals surface area (Å²) in [6.45, 7) is 1.19. The van der Waals surface area contributed by atoms with E-state index in [4.69, 9.17) is 9.15 Å². The lowest BCUT2D eigenvalue weighted by Gasteiger charge is -2.18. The fourth-order valence-electron chi connectivity index (χ4n) is 2.96. The van der Waals surface area contributed by atoms with Gasteiger partial charge in [0.2, 0.25) is 5.76 Å². The Hall–Kier alpha value is -4.28. The van der Waals surface area contributed by atoms with Gasteiger partial charge in [-0.15, -0.1) is 0 Å². The summed E-state index contributed by atoms with van der Waals surface area (Å²) in [6.07, 6.45) is 0.277. The van der Waals surface area contributed by atoms with E-state index >= 15 is 0 Å². The number of aliphatic carboxylic acids is 1. The van der Waals surface area contributed by atoms with Crippen LogP contribution in [0.1, 0.15) is 28.8 Å². The van der Waals surface area contributed by atoms with Gasteiger partial charge >= 0.3 is 18.0 Å². The normalized spacial score (nSPS) is 15.4. The van der Waals surface area contributed by atoms with Crippen LogP contribution in [0.15, 0.2) is 40.4 Å². The molecular weight excluding hydrogens is 434 g/mol. The van der Waals surface area contributed by atoms with E-state index in [9.17, 15) is 24.3 Å². The van der Waals surface area contributed by atoms with E-state index in [2.05, 4.69) is 10.1 Å². The zero-order chi connectivity index (χ0) is 24.3. The van der Waals surface area contributed by atoms with E-state index in [-0.39, 0.29) is 29.5 Å². The van der Waals surface area contributed by atoms with Gasteiger partial charge in [0.05, 0.1) is 13.7 Å². The minimum Gasteiger partial charge on any atom is -0.479 e. The van der Waals surface area contributed by atoms with E-state index in [1.165, 1.54) is 32.2 Å². The second kappa shape index (κ2) is 9.47. The molecule has 1 unspecified atom stereocenters. The van der Waals surface area contributed by atoms with Crippen molar-refractivity contribution in [2.24, 2.45) is 0 Å². The molecule has 0 spiro atoms. The van der Waals surface area contributed by atoms with Crippen LogP contribution < -0.4 is 15.0 Å². The Morgan fingerprint density at radius 2 is 1.97 bits per heavy atom. The van der Waals surface area contributed by atoms with Crippen LogP contribution in [-0.2, 0) is 20.9 Å². The van der Waals surface area contributed by atoms with Crippen molar-refractivity contribution in [1.29, 1.82) is 0 Å². The number of nitrogens with zero attached hydrogens (tertiary/aromatic N) is 2. The number of nitrogens with one attached hydrogen (secondary N) is 1. The van der Waals surface area contributed by atoms with Gasteiger partial charge in [0.25, 0.3) is 5.91 Å². The zero-order valence-corrected chi connectivity index (χ0v) is 18.4. The van der Waals surface area contributed by atoms with Gasteiger partial charge in [-0.2, -0.15) is 0 Å². The molecule has 0 saturated carbocycles. The summed E-state index contributed by atoms with van der Waals surface area (Å²) in [5, 5.41) is 11.7. The second-order valence-corrected chi connectivity index (χ2v) is 7.35. The molecule has 1 saturated heterocycles. The lowest BCUT2D eigenvalue weighted by Crippen LogP contribution is -2.30. The van der Waals surface area contributed by atoms with Crippen molar-refractivity contribution in [1.82, 2.24) is 10.2 Å². The van der Waals surface area contributed by atoms with Crippen LogP contribution in [0.3, 0.4) is 0 Å². The van der Waals surface area contributed by atoms with Gasteiger partial charge in [0, 0.05) is 31.4 Å². The van der Waals surface area contributed by atoms with Gasteiger partial charge in [0.15, 0.2) is 6.10 Å². The zero-order valence-electron chi connectivity index (χ0n) is 18.4. The maximum absolute atomic E-state index is 12.8. The predicted molar refractivity (Wildman–Crippen MR) is 116 cm³/mol. The molecule has 2 N–H and O–H groups in total. The standard InChI is InChI=1S/C22H23N3O8/c1-12(20(27)28)32-18-10-14(24(2)3)6-5-13(18)9-16-19(26)25(22(30)23-16)11-15-7-8-17(33-15)21(29)31-4/h5-10,12H,11H2,1-4H3,(H,23,30)(H,27,28). The lowest BCUT2D eigenvalue weighted by atomic mass is 10.1. The van der Waals surface area contributed by atoms with Gasteiger partial charge in [0.1, 0.15) is 17.2 Å². The quantitative estimate of drug-likeness (QED) is 0.346. The molecule has 0 aliphatic carbocycles. The Morgan fingerprint density at radius 1 is 1.24 bits per heavy atom. The van der Waals surface area contributed by atoms with Crippen molar-refractivity contribution in [2.45, 2.75) is 19.6 Å². The number of rotatable bonds is 8. The first-order valence-corrected chi connectivity index (χ1v) is 9.83. The van der Waals surface area contributed by atoms with Crippen molar-refractivity contribution < 1.29 is 38.2 Å². The summed E-state index contributed by atoms with van der Waals surface area (Å²) in [4.78, 5) is 50.7. The number of carbonyl (C=O) groups excluding carboxylic acids is 3. The number of amides is 3. The molecule has 174 valence electrons. The molecule has 3 amide bonds. The summed E-state index contributed by atoms with van der Waals surface area (Å²) < 4.78 is 15.5. The fraction of sp³-hybridized carbons (Fsp3) is 0.273. The lowest BCUT2D eigenvalue weighted by molar-refractivity contribution is -0.144. The molecule has 11 nitrogen and oxygen atoms in total. The van der Waals surface area contributed by atoms with Crippen LogP contribution in [0.4, 0.5) is 10.5 Å². The number of methoxy groups -OCH3 is 1. The molecule has 1 aromatic carbocycles. The molecule has 2 heterocycles. The highest BCUT2D eigenvalue weighted by Gasteiger charge is 2.34. The molecule has 1 aromatic heterocycles. The number of urea groups is 1. The molecule has 1 aliphatic rings. The Balaban J connectivity index is 1.86. The smallest absolute Gasteiger partial charge is 0.373 e. The van der Waals surface area contributed by atoms with Crippen molar-refractivity contribution in [3.05, 3.63) is 53.1 Å². The average molecular weight is 457 g/mol. The molecule has 3 rings (SSSR count). The number of esters is 1. The number of anilines is 1. The predicted octanol–water partition coefficient (Wildman–Crippen LogP) is 2.08. The third kappa shape index (κ3) is 5.14. The second-order valence-electron chi connectivity index (χ2n) is 7.35. The molecule has 33 heavy (non-hydrogen) atoms. The van der Waals surface area contributed by atoms with Crippen molar-refractivity contribution in [3.63, 3.8) is 0 Å². The topological polar surface area (TPSA) is 139 Å². The van der Waals surface area contributed by atoms with Crippen LogP contribution in [0.25, 0.3) is 6.08 Å². The number of imide groups is 1. The minimum atomic E-state index is -1.15. The monoisotopic (exact) mass is 457 g/mol. The van der Waals surface area contributed by atoms with Crippen molar-refractivity contribution in [3.8, 4) is 5.75 Å². The number of ether oxygens (including phenoxy) is 2. The SMILES string of the molecule is COC(=O)c1ccc(CN2C(=O)NC(=Cc3ccc(N(C)C)cc3OC(C)C(=O)O)C2=O)o1. The van der Waals surface area contributed by atoms with Gasteiger partial charge in [-0.1, -0.05) is 0 Å². The summed E-state index contributed by atoms with van der Waals surface area (Å²) in [5.41, 5.74) is 1.14. The van der Waals surface area contributed by atoms with Crippen LogP contribution in [-0.4, -0.2) is 61.2 Å². The van der Waals surface area contributed by atoms with Crippen LogP contribution >= 0.6 is 0 Å². The Bertz CT molecular complexity index is 1130. The Labute approximate surface area is 189 Å². The third-order valence-corrected chi connectivity index (χ3v) is 4.79. The molecule has 11 heteroatoms. The van der Waals surface area contributed by atoms with Crippen molar-refractivity contribution >= 4 is 35.6 Å². The van der Waals surface area contributed by atoms with E-state index in [1.807, 2.05) is 19.0 Å². The highest BCUT2D eigenvalue weighted by atomic mass is 16.5. The number of carboxylic acids is 1. The van der Waals surface area contributed by atoms with Gasteiger partial charge in [-0.3, -0.25) is 9.69 Å². The average Bonchev–Trinajstić information content (AvgIpc) is 3.34. The van der Waals surface area contributed by atoms with Crippen molar-refractivity contribution in [2.75, 3.05) is 26.1 Å². The van der Waals surface area contributed by atoms with E-state index < -0.39 is 30.0 Å². The number of carbonyl (C=O) groups is 4. The number of carboxylic acid groups (broad SMARTS) is 1. The maximum Gasteiger partial charge on any atom is 0.373 e. The first kappa shape index (κ1) is 23.4. The number of hydrogen-bond acceptors (Lipinski definition) is 8. The van der Waals surface area contributed by atoms with E-state index in [0.717, 1.165) is 10.6 Å².